The molecule has 2 rings (SSSR count). The van der Waals surface area contributed by atoms with Gasteiger partial charge in [-0.2, -0.15) is 0 Å². The van der Waals surface area contributed by atoms with E-state index in [-0.39, 0.29) is 18.0 Å². The maximum atomic E-state index is 12.0. The number of ether oxygens (including phenoxy) is 1. The van der Waals surface area contributed by atoms with Crippen LogP contribution in [0.5, 0.6) is 0 Å². The Bertz CT molecular complexity index is 345. The Labute approximate surface area is 108 Å². The van der Waals surface area contributed by atoms with Crippen molar-refractivity contribution in [2.75, 3.05) is 6.54 Å². The molecule has 0 radical (unpaired) electrons. The van der Waals surface area contributed by atoms with E-state index in [0.717, 1.165) is 25.7 Å². The summed E-state index contributed by atoms with van der Waals surface area (Å²) in [5, 5.41) is 2.96. The molecule has 102 valence electrons. The largest absolute Gasteiger partial charge is 0.444 e. The summed E-state index contributed by atoms with van der Waals surface area (Å²) in [6, 6.07) is -0.0148. The van der Waals surface area contributed by atoms with Crippen LogP contribution in [0.15, 0.2) is 0 Å². The molecule has 5 nitrogen and oxygen atoms in total. The molecule has 0 bridgehead atoms. The Morgan fingerprint density at radius 1 is 1.22 bits per heavy atom. The first-order valence-corrected chi connectivity index (χ1v) is 6.67. The molecule has 5 heteroatoms. The average molecular weight is 254 g/mol. The van der Waals surface area contributed by atoms with Gasteiger partial charge in [0.25, 0.3) is 0 Å². The molecule has 0 aromatic heterocycles. The van der Waals surface area contributed by atoms with Crippen molar-refractivity contribution in [3.05, 3.63) is 0 Å². The van der Waals surface area contributed by atoms with E-state index in [2.05, 4.69) is 5.32 Å². The van der Waals surface area contributed by atoms with Crippen LogP contribution in [0.25, 0.3) is 0 Å². The molecular weight excluding hydrogens is 232 g/mol. The Morgan fingerprint density at radius 2 is 1.89 bits per heavy atom. The van der Waals surface area contributed by atoms with Gasteiger partial charge in [0.2, 0.25) is 5.91 Å². The van der Waals surface area contributed by atoms with E-state index in [4.69, 9.17) is 4.74 Å². The Kier molecular flexibility index (Phi) is 3.50. The second-order valence-electron chi connectivity index (χ2n) is 6.11. The third kappa shape index (κ3) is 3.37. The summed E-state index contributed by atoms with van der Waals surface area (Å²) < 4.78 is 5.33. The van der Waals surface area contributed by atoms with Crippen molar-refractivity contribution < 1.29 is 14.3 Å². The number of nitrogens with zero attached hydrogens (tertiary/aromatic N) is 1. The molecule has 18 heavy (non-hydrogen) atoms. The number of nitrogens with one attached hydrogen (secondary N) is 1. The fraction of sp³-hybridized carbons (Fsp3) is 0.846. The standard InChI is InChI=1S/C13H22N2O3/c1-13(2,3)18-12(17)15-8-4-5-10(15)11(16)14-9-6-7-9/h9-10H,4-8H2,1-3H3,(H,14,16)/t10-/m0/s1. The van der Waals surface area contributed by atoms with Crippen molar-refractivity contribution in [1.82, 2.24) is 10.2 Å². The predicted octanol–water partition coefficient (Wildman–Crippen LogP) is 1.66. The summed E-state index contributed by atoms with van der Waals surface area (Å²) in [7, 11) is 0. The lowest BCUT2D eigenvalue weighted by Gasteiger charge is -2.28. The highest BCUT2D eigenvalue weighted by Crippen LogP contribution is 2.23. The number of rotatable bonds is 2. The second kappa shape index (κ2) is 4.78. The third-order valence-electron chi connectivity index (χ3n) is 3.11. The van der Waals surface area contributed by atoms with E-state index >= 15 is 0 Å². The maximum Gasteiger partial charge on any atom is 0.410 e. The van der Waals surface area contributed by atoms with Gasteiger partial charge in [-0.1, -0.05) is 0 Å². The molecule has 0 spiro atoms. The van der Waals surface area contributed by atoms with Crippen molar-refractivity contribution in [1.29, 1.82) is 0 Å². The van der Waals surface area contributed by atoms with Crippen LogP contribution < -0.4 is 5.32 Å². The van der Waals surface area contributed by atoms with Crippen LogP contribution in [-0.2, 0) is 9.53 Å². The molecule has 0 aromatic carbocycles. The van der Waals surface area contributed by atoms with E-state index in [1.165, 1.54) is 0 Å². The molecule has 0 aromatic rings. The molecule has 1 aliphatic heterocycles. The molecule has 2 fully saturated rings. The zero-order valence-electron chi connectivity index (χ0n) is 11.4. The summed E-state index contributed by atoms with van der Waals surface area (Å²) in [5.41, 5.74) is -0.517. The summed E-state index contributed by atoms with van der Waals surface area (Å²) >= 11 is 0. The maximum absolute atomic E-state index is 12.0. The van der Waals surface area contributed by atoms with Crippen molar-refractivity contribution in [3.63, 3.8) is 0 Å². The van der Waals surface area contributed by atoms with E-state index in [1.807, 2.05) is 20.8 Å². The SMILES string of the molecule is CC(C)(C)OC(=O)N1CCC[C@H]1C(=O)NC1CC1. The lowest BCUT2D eigenvalue weighted by molar-refractivity contribution is -0.125. The van der Waals surface area contributed by atoms with Crippen LogP contribution in [0.1, 0.15) is 46.5 Å². The van der Waals surface area contributed by atoms with Gasteiger partial charge in [-0.25, -0.2) is 4.79 Å². The lowest BCUT2D eigenvalue weighted by Crippen LogP contribution is -2.48. The highest BCUT2D eigenvalue weighted by Gasteiger charge is 2.38. The van der Waals surface area contributed by atoms with Gasteiger partial charge in [0.15, 0.2) is 0 Å². The number of likely N-dealkylation sites (tertiary alicyclic amines) is 1. The molecule has 1 aliphatic carbocycles. The molecule has 1 N–H and O–H groups in total. The van der Waals surface area contributed by atoms with E-state index < -0.39 is 5.60 Å². The van der Waals surface area contributed by atoms with Gasteiger partial charge in [0, 0.05) is 12.6 Å². The Balaban J connectivity index is 1.93. The van der Waals surface area contributed by atoms with Crippen molar-refractivity contribution in [3.8, 4) is 0 Å². The Hall–Kier alpha value is -1.26. The Morgan fingerprint density at radius 3 is 2.44 bits per heavy atom. The highest BCUT2D eigenvalue weighted by molar-refractivity contribution is 5.86. The van der Waals surface area contributed by atoms with E-state index in [0.29, 0.717) is 12.6 Å². The summed E-state index contributed by atoms with van der Waals surface area (Å²) in [6.45, 7) is 6.11. The molecule has 1 saturated carbocycles. The van der Waals surface area contributed by atoms with Crippen LogP contribution in [0.2, 0.25) is 0 Å². The van der Waals surface area contributed by atoms with Gasteiger partial charge in [-0.15, -0.1) is 0 Å². The number of carbonyl (C=O) groups excluding carboxylic acids is 2. The first kappa shape index (κ1) is 13.2. The van der Waals surface area contributed by atoms with Gasteiger partial charge in [-0.3, -0.25) is 9.69 Å². The van der Waals surface area contributed by atoms with Crippen molar-refractivity contribution >= 4 is 12.0 Å². The second-order valence-corrected chi connectivity index (χ2v) is 6.11. The van der Waals surface area contributed by atoms with Gasteiger partial charge >= 0.3 is 6.09 Å². The minimum absolute atomic E-state index is 0.0270. The van der Waals surface area contributed by atoms with Crippen LogP contribution in [-0.4, -0.2) is 41.1 Å². The fourth-order valence-electron chi connectivity index (χ4n) is 2.10. The average Bonchev–Trinajstić information content (AvgIpc) is 2.90. The first-order valence-electron chi connectivity index (χ1n) is 6.67. The van der Waals surface area contributed by atoms with Gasteiger partial charge in [0.1, 0.15) is 11.6 Å². The molecule has 1 heterocycles. The summed E-state index contributed by atoms with van der Waals surface area (Å²) in [4.78, 5) is 25.6. The van der Waals surface area contributed by atoms with Gasteiger partial charge in [0.05, 0.1) is 0 Å². The van der Waals surface area contributed by atoms with Crippen LogP contribution in [0, 0.1) is 0 Å². The van der Waals surface area contributed by atoms with E-state index in [1.54, 1.807) is 4.90 Å². The van der Waals surface area contributed by atoms with Crippen LogP contribution in [0.4, 0.5) is 4.79 Å². The third-order valence-corrected chi connectivity index (χ3v) is 3.11. The van der Waals surface area contributed by atoms with Crippen molar-refractivity contribution in [2.45, 2.75) is 64.1 Å². The van der Waals surface area contributed by atoms with Gasteiger partial charge in [-0.05, 0) is 46.5 Å². The predicted molar refractivity (Wildman–Crippen MR) is 67.1 cm³/mol. The van der Waals surface area contributed by atoms with Gasteiger partial charge < -0.3 is 10.1 Å². The number of amides is 2. The smallest absolute Gasteiger partial charge is 0.410 e. The monoisotopic (exact) mass is 254 g/mol. The zero-order chi connectivity index (χ0) is 13.3. The van der Waals surface area contributed by atoms with Crippen LogP contribution in [0.3, 0.4) is 0 Å². The molecule has 1 saturated heterocycles. The van der Waals surface area contributed by atoms with Crippen molar-refractivity contribution in [2.24, 2.45) is 0 Å². The normalized spacial score (nSPS) is 23.9. The fourth-order valence-corrected chi connectivity index (χ4v) is 2.10. The molecule has 2 aliphatic rings. The molecule has 0 unspecified atom stereocenters. The molecule has 1 atom stereocenters. The number of hydrogen-bond acceptors (Lipinski definition) is 3. The zero-order valence-corrected chi connectivity index (χ0v) is 11.4. The first-order chi connectivity index (χ1) is 8.37. The minimum atomic E-state index is -0.517. The summed E-state index contributed by atoms with van der Waals surface area (Å²) in [5.74, 6) is -0.0270. The highest BCUT2D eigenvalue weighted by atomic mass is 16.6. The molecule has 2 amide bonds. The minimum Gasteiger partial charge on any atom is -0.444 e. The van der Waals surface area contributed by atoms with Crippen LogP contribution >= 0.6 is 0 Å². The molecular formula is C13H22N2O3. The topological polar surface area (TPSA) is 58.6 Å². The van der Waals surface area contributed by atoms with E-state index in [9.17, 15) is 9.59 Å². The number of carbonyl (C=O) groups is 2. The lowest BCUT2D eigenvalue weighted by atomic mass is 10.2. The quantitative estimate of drug-likeness (QED) is 0.815. The number of hydrogen-bond donors (Lipinski definition) is 1. The summed E-state index contributed by atoms with van der Waals surface area (Å²) in [6.07, 6.45) is 3.34.